The maximum Gasteiger partial charge on any atom is 0.311 e. The second-order valence-electron chi connectivity index (χ2n) is 7.12. The van der Waals surface area contributed by atoms with Gasteiger partial charge < -0.3 is 32.0 Å². The van der Waals surface area contributed by atoms with Crippen LogP contribution >= 0.6 is 0 Å². The number of carbonyl (C=O) groups is 4. The van der Waals surface area contributed by atoms with Crippen LogP contribution in [0.15, 0.2) is 23.5 Å². The van der Waals surface area contributed by atoms with Crippen LogP contribution in [0.25, 0.3) is 0 Å². The Labute approximate surface area is 176 Å². The molecule has 0 saturated heterocycles. The Morgan fingerprint density at radius 2 is 1.37 bits per heavy atom. The third kappa shape index (κ3) is 12.0. The number of rotatable bonds is 12. The molecule has 0 fully saturated rings. The van der Waals surface area contributed by atoms with Gasteiger partial charge in [0, 0.05) is 32.1 Å². The quantitative estimate of drug-likeness (QED) is 0.261. The van der Waals surface area contributed by atoms with Crippen molar-refractivity contribution in [2.75, 3.05) is 0 Å². The molecule has 0 aromatic carbocycles. The zero-order chi connectivity index (χ0) is 21.2. The van der Waals surface area contributed by atoms with Crippen LogP contribution in [-0.4, -0.2) is 39.7 Å². The van der Waals surface area contributed by atoms with E-state index in [0.29, 0.717) is 37.9 Å². The molecule has 0 spiro atoms. The lowest BCUT2D eigenvalue weighted by atomic mass is 9.91. The molecule has 172 valence electrons. The van der Waals surface area contributed by atoms with Gasteiger partial charge in [0.05, 0.1) is 0 Å². The van der Waals surface area contributed by atoms with E-state index in [1.165, 1.54) is 0 Å². The highest BCUT2D eigenvalue weighted by Gasteiger charge is 2.30. The summed E-state index contributed by atoms with van der Waals surface area (Å²) in [6, 6.07) is 0. The summed E-state index contributed by atoms with van der Waals surface area (Å²) in [7, 11) is 0. The van der Waals surface area contributed by atoms with Crippen molar-refractivity contribution in [1.29, 1.82) is 0 Å². The average Bonchev–Trinajstić information content (AvgIpc) is 2.58. The van der Waals surface area contributed by atoms with Crippen LogP contribution < -0.4 is 12.3 Å². The van der Waals surface area contributed by atoms with E-state index in [1.54, 1.807) is 26.0 Å². The minimum Gasteiger partial charge on any atom is -0.481 e. The lowest BCUT2D eigenvalue weighted by Crippen LogP contribution is -2.32. The van der Waals surface area contributed by atoms with E-state index in [9.17, 15) is 19.2 Å². The third-order valence-electron chi connectivity index (χ3n) is 4.24. The molecule has 0 aromatic rings. The van der Waals surface area contributed by atoms with Gasteiger partial charge in [-0.05, 0) is 57.3 Å². The highest BCUT2D eigenvalue weighted by Crippen LogP contribution is 2.31. The number of aliphatic carboxylic acids is 2. The van der Waals surface area contributed by atoms with Gasteiger partial charge in [0.1, 0.15) is 11.4 Å². The molecule has 30 heavy (non-hydrogen) atoms. The Bertz CT molecular complexity index is 672. The molecule has 0 amide bonds. The van der Waals surface area contributed by atoms with Crippen LogP contribution in [-0.2, 0) is 28.7 Å². The zero-order valence-corrected chi connectivity index (χ0v) is 17.8. The van der Waals surface area contributed by atoms with Crippen LogP contribution in [0.1, 0.15) is 71.6 Å². The summed E-state index contributed by atoms with van der Waals surface area (Å²) in [5.74, 6) is -2.19. The predicted octanol–water partition coefficient (Wildman–Crippen LogP) is 3.68. The van der Waals surface area contributed by atoms with Gasteiger partial charge in [0.25, 0.3) is 0 Å². The van der Waals surface area contributed by atoms with Gasteiger partial charge >= 0.3 is 23.9 Å². The fraction of sp³-hybridized carbons (Fsp3) is 0.600. The van der Waals surface area contributed by atoms with Crippen molar-refractivity contribution >= 4 is 23.9 Å². The van der Waals surface area contributed by atoms with Crippen molar-refractivity contribution in [3.63, 3.8) is 0 Å². The maximum absolute atomic E-state index is 12.0. The lowest BCUT2D eigenvalue weighted by molar-refractivity contribution is -0.154. The maximum atomic E-state index is 12.0. The number of carboxylic acids is 2. The molecule has 0 radical (unpaired) electrons. The van der Waals surface area contributed by atoms with E-state index in [4.69, 9.17) is 19.7 Å². The second kappa shape index (κ2) is 14.3. The molecule has 0 aliphatic heterocycles. The molecule has 10 nitrogen and oxygen atoms in total. The number of hydrogen-bond donors (Lipinski definition) is 4. The van der Waals surface area contributed by atoms with Gasteiger partial charge in [-0.15, -0.1) is 0 Å². The molecule has 0 saturated carbocycles. The number of allylic oxidation sites excluding steroid dienone is 1. The Morgan fingerprint density at radius 1 is 0.900 bits per heavy atom. The first-order valence-electron chi connectivity index (χ1n) is 9.36. The average molecular weight is 430 g/mol. The van der Waals surface area contributed by atoms with Crippen molar-refractivity contribution in [2.24, 2.45) is 0 Å². The van der Waals surface area contributed by atoms with Crippen LogP contribution in [0.5, 0.6) is 0 Å². The van der Waals surface area contributed by atoms with Gasteiger partial charge in [-0.3, -0.25) is 19.2 Å². The molecule has 0 heterocycles. The number of esters is 2. The van der Waals surface area contributed by atoms with Crippen LogP contribution in [0.4, 0.5) is 0 Å². The van der Waals surface area contributed by atoms with Crippen LogP contribution in [0.3, 0.4) is 0 Å². The van der Waals surface area contributed by atoms with E-state index in [1.807, 2.05) is 0 Å². The Morgan fingerprint density at radius 3 is 1.83 bits per heavy atom. The fourth-order valence-corrected chi connectivity index (χ4v) is 2.83. The number of carboxylic acid groups (broad SMARTS) is 2. The normalized spacial score (nSPS) is 17.4. The van der Waals surface area contributed by atoms with Crippen LogP contribution in [0, 0.1) is 0 Å². The molecule has 8 N–H and O–H groups in total. The first kappa shape index (κ1) is 29.5. The zero-order valence-electron chi connectivity index (χ0n) is 17.8. The van der Waals surface area contributed by atoms with Gasteiger partial charge in [-0.1, -0.05) is 0 Å². The summed E-state index contributed by atoms with van der Waals surface area (Å²) in [5.41, 5.74) is -0.0756. The number of carbonyl (C=O) groups excluding carboxylic acids is 2. The van der Waals surface area contributed by atoms with Gasteiger partial charge in [0.15, 0.2) is 0 Å². The molecule has 1 aliphatic rings. The van der Waals surface area contributed by atoms with Gasteiger partial charge in [0.2, 0.25) is 0 Å². The van der Waals surface area contributed by atoms with E-state index < -0.39 is 29.5 Å². The van der Waals surface area contributed by atoms with E-state index in [0.717, 1.165) is 5.57 Å². The van der Waals surface area contributed by atoms with E-state index >= 15 is 0 Å². The molecular weight excluding hydrogens is 396 g/mol. The number of ether oxygens (including phenoxy) is 2. The second-order valence-corrected chi connectivity index (χ2v) is 7.12. The standard InChI is InChI=1S/C20H28O8.2H3N/c1-14-13-20(2,28-19(26)10-6-4-8-17(23)24)12-11-15(14)27-18(25)9-5-3-7-16(21)22;;/h11-12H,3-10,13H2,1-2H3,(H,21,22)(H,23,24);2*1H3. The Hall–Kier alpha value is -2.72. The lowest BCUT2D eigenvalue weighted by Gasteiger charge is -2.30. The molecule has 1 aliphatic carbocycles. The summed E-state index contributed by atoms with van der Waals surface area (Å²) in [5, 5.41) is 17.2. The number of unbranched alkanes of at least 4 members (excludes halogenated alkanes) is 2. The highest BCUT2D eigenvalue weighted by atomic mass is 16.6. The minimum absolute atomic E-state index is 0. The first-order chi connectivity index (χ1) is 13.1. The third-order valence-corrected chi connectivity index (χ3v) is 4.24. The first-order valence-corrected chi connectivity index (χ1v) is 9.36. The molecule has 1 rings (SSSR count). The van der Waals surface area contributed by atoms with Crippen molar-refractivity contribution in [3.05, 3.63) is 23.5 Å². The van der Waals surface area contributed by atoms with E-state index in [-0.39, 0.29) is 38.0 Å². The molecular formula is C20H34N2O8. The molecule has 1 atom stereocenters. The van der Waals surface area contributed by atoms with Crippen molar-refractivity contribution < 1.29 is 38.9 Å². The largest absolute Gasteiger partial charge is 0.481 e. The van der Waals surface area contributed by atoms with Crippen molar-refractivity contribution in [2.45, 2.75) is 77.2 Å². The molecule has 0 bridgehead atoms. The predicted molar refractivity (Wildman–Crippen MR) is 109 cm³/mol. The number of hydrogen-bond acceptors (Lipinski definition) is 8. The summed E-state index contributed by atoms with van der Waals surface area (Å²) in [4.78, 5) is 44.8. The van der Waals surface area contributed by atoms with Crippen LogP contribution in [0.2, 0.25) is 0 Å². The van der Waals surface area contributed by atoms with Gasteiger partial charge in [-0.25, -0.2) is 0 Å². The highest BCUT2D eigenvalue weighted by molar-refractivity contribution is 5.72. The summed E-state index contributed by atoms with van der Waals surface area (Å²) in [6.07, 6.45) is 5.72. The molecule has 10 heteroatoms. The summed E-state index contributed by atoms with van der Waals surface area (Å²) >= 11 is 0. The smallest absolute Gasteiger partial charge is 0.311 e. The Balaban J connectivity index is 0. The molecule has 1 unspecified atom stereocenters. The molecule has 0 aromatic heterocycles. The SMILES string of the molecule is CC1=C(OC(=O)CCCCC(=O)O)C=CC(C)(OC(=O)CCCCC(=O)O)C1.N.N. The Kier molecular flexibility index (Phi) is 14.0. The van der Waals surface area contributed by atoms with Crippen molar-refractivity contribution in [3.8, 4) is 0 Å². The summed E-state index contributed by atoms with van der Waals surface area (Å²) in [6.45, 7) is 3.54. The van der Waals surface area contributed by atoms with Gasteiger partial charge in [-0.2, -0.15) is 0 Å². The van der Waals surface area contributed by atoms with E-state index in [2.05, 4.69) is 0 Å². The summed E-state index contributed by atoms with van der Waals surface area (Å²) < 4.78 is 10.8. The van der Waals surface area contributed by atoms with Crippen molar-refractivity contribution in [1.82, 2.24) is 12.3 Å². The monoisotopic (exact) mass is 430 g/mol. The minimum atomic E-state index is -0.891. The fourth-order valence-electron chi connectivity index (χ4n) is 2.83. The topological polar surface area (TPSA) is 197 Å².